The third kappa shape index (κ3) is 6.39. The number of amides is 2. The Labute approximate surface area is 227 Å². The molecule has 2 heterocycles. The Balaban J connectivity index is 1.65. The van der Waals surface area contributed by atoms with E-state index in [1.807, 2.05) is 45.0 Å². The van der Waals surface area contributed by atoms with E-state index in [4.69, 9.17) is 14.2 Å². The van der Waals surface area contributed by atoms with Crippen molar-refractivity contribution in [1.29, 1.82) is 0 Å². The first kappa shape index (κ1) is 27.7. The van der Waals surface area contributed by atoms with Crippen molar-refractivity contribution in [3.05, 3.63) is 71.5 Å². The monoisotopic (exact) mass is 534 g/mol. The summed E-state index contributed by atoms with van der Waals surface area (Å²) in [5, 5.41) is 7.43. The molecule has 1 fully saturated rings. The lowest BCUT2D eigenvalue weighted by Gasteiger charge is -2.34. The fraction of sp³-hybridized carbons (Fsp3) is 0.379. The topological polar surface area (TPSA) is 112 Å². The number of para-hydroxylation sites is 1. The molecule has 0 atom stereocenters. The van der Waals surface area contributed by atoms with Crippen LogP contribution in [0.3, 0.4) is 0 Å². The Morgan fingerprint density at radius 1 is 0.949 bits per heavy atom. The van der Waals surface area contributed by atoms with E-state index in [9.17, 15) is 14.4 Å². The summed E-state index contributed by atoms with van der Waals surface area (Å²) in [4.78, 5) is 40.1. The largest absolute Gasteiger partial charge is 0.497 e. The second kappa shape index (κ2) is 11.6. The van der Waals surface area contributed by atoms with E-state index < -0.39 is 17.5 Å². The summed E-state index contributed by atoms with van der Waals surface area (Å²) in [6, 6.07) is 14.1. The highest BCUT2D eigenvalue weighted by molar-refractivity contribution is 6.08. The number of hydrogen-bond donors (Lipinski definition) is 1. The van der Waals surface area contributed by atoms with Crippen LogP contribution in [-0.2, 0) is 9.47 Å². The quantitative estimate of drug-likeness (QED) is 0.441. The van der Waals surface area contributed by atoms with Gasteiger partial charge in [-0.15, -0.1) is 0 Å². The SMILES string of the molecule is COC(=O)c1ccccc1NC(=O)c1cnn(-c2ccc(OC)cc2)c1C1CCN(C(=O)OC(C)(C)C)CC1. The number of ether oxygens (including phenoxy) is 3. The summed E-state index contributed by atoms with van der Waals surface area (Å²) < 4.78 is 17.5. The zero-order chi connectivity index (χ0) is 28.2. The van der Waals surface area contributed by atoms with Crippen LogP contribution in [0.4, 0.5) is 10.5 Å². The second-order valence-corrected chi connectivity index (χ2v) is 10.3. The fourth-order valence-electron chi connectivity index (χ4n) is 4.59. The smallest absolute Gasteiger partial charge is 0.410 e. The third-order valence-corrected chi connectivity index (χ3v) is 6.48. The van der Waals surface area contributed by atoms with Crippen molar-refractivity contribution in [2.24, 2.45) is 0 Å². The summed E-state index contributed by atoms with van der Waals surface area (Å²) >= 11 is 0. The van der Waals surface area contributed by atoms with Crippen LogP contribution in [0.5, 0.6) is 5.75 Å². The number of piperidine rings is 1. The number of esters is 1. The van der Waals surface area contributed by atoms with Crippen LogP contribution >= 0.6 is 0 Å². The molecule has 2 amide bonds. The van der Waals surface area contributed by atoms with Gasteiger partial charge in [0.15, 0.2) is 0 Å². The molecule has 1 N–H and O–H groups in total. The molecule has 1 saturated heterocycles. The Morgan fingerprint density at radius 2 is 1.62 bits per heavy atom. The predicted molar refractivity (Wildman–Crippen MR) is 146 cm³/mol. The van der Waals surface area contributed by atoms with Gasteiger partial charge < -0.3 is 24.4 Å². The van der Waals surface area contributed by atoms with Crippen LogP contribution in [0.25, 0.3) is 5.69 Å². The fourth-order valence-corrected chi connectivity index (χ4v) is 4.59. The van der Waals surface area contributed by atoms with Gasteiger partial charge in [-0.1, -0.05) is 12.1 Å². The number of carbonyl (C=O) groups is 3. The molecule has 1 aliphatic rings. The molecule has 0 aliphatic carbocycles. The van der Waals surface area contributed by atoms with E-state index in [-0.39, 0.29) is 17.6 Å². The molecule has 39 heavy (non-hydrogen) atoms. The number of methoxy groups -OCH3 is 2. The van der Waals surface area contributed by atoms with Gasteiger partial charge in [-0.05, 0) is 70.0 Å². The normalized spacial score (nSPS) is 14.0. The lowest BCUT2D eigenvalue weighted by atomic mass is 9.90. The predicted octanol–water partition coefficient (Wildman–Crippen LogP) is 5.03. The molecule has 206 valence electrons. The number of carbonyl (C=O) groups excluding carboxylic acids is 3. The Morgan fingerprint density at radius 3 is 2.23 bits per heavy atom. The number of aromatic nitrogens is 2. The van der Waals surface area contributed by atoms with Crippen LogP contribution in [0.2, 0.25) is 0 Å². The first-order valence-electron chi connectivity index (χ1n) is 12.8. The van der Waals surface area contributed by atoms with Gasteiger partial charge in [0.25, 0.3) is 5.91 Å². The van der Waals surface area contributed by atoms with Gasteiger partial charge in [0.1, 0.15) is 11.4 Å². The zero-order valence-corrected chi connectivity index (χ0v) is 22.9. The maximum atomic E-state index is 13.6. The second-order valence-electron chi connectivity index (χ2n) is 10.3. The lowest BCUT2D eigenvalue weighted by molar-refractivity contribution is 0.0203. The molecular formula is C29H34N4O6. The zero-order valence-electron chi connectivity index (χ0n) is 22.9. The summed E-state index contributed by atoms with van der Waals surface area (Å²) in [6.45, 7) is 6.50. The minimum Gasteiger partial charge on any atom is -0.497 e. The summed E-state index contributed by atoms with van der Waals surface area (Å²) in [7, 11) is 2.89. The summed E-state index contributed by atoms with van der Waals surface area (Å²) in [5.74, 6) is -0.286. The molecule has 0 radical (unpaired) electrons. The van der Waals surface area contributed by atoms with Crippen LogP contribution in [0.15, 0.2) is 54.7 Å². The highest BCUT2D eigenvalue weighted by Crippen LogP contribution is 2.33. The highest BCUT2D eigenvalue weighted by Gasteiger charge is 2.32. The minimum absolute atomic E-state index is 0.0510. The molecule has 0 saturated carbocycles. The highest BCUT2D eigenvalue weighted by atomic mass is 16.6. The maximum absolute atomic E-state index is 13.6. The first-order chi connectivity index (χ1) is 18.6. The number of nitrogens with one attached hydrogen (secondary N) is 1. The molecule has 0 unspecified atom stereocenters. The summed E-state index contributed by atoms with van der Waals surface area (Å²) in [6.07, 6.45) is 2.44. The molecule has 0 spiro atoms. The van der Waals surface area contributed by atoms with Crippen molar-refractivity contribution in [1.82, 2.24) is 14.7 Å². The van der Waals surface area contributed by atoms with Crippen molar-refractivity contribution < 1.29 is 28.6 Å². The number of likely N-dealkylation sites (tertiary alicyclic amines) is 1. The first-order valence-corrected chi connectivity index (χ1v) is 12.8. The molecule has 3 aromatic rings. The molecule has 4 rings (SSSR count). The van der Waals surface area contributed by atoms with Crippen molar-refractivity contribution in [2.45, 2.75) is 45.1 Å². The van der Waals surface area contributed by atoms with Crippen molar-refractivity contribution in [3.8, 4) is 11.4 Å². The van der Waals surface area contributed by atoms with E-state index in [0.717, 1.165) is 11.4 Å². The van der Waals surface area contributed by atoms with Gasteiger partial charge in [-0.3, -0.25) is 4.79 Å². The maximum Gasteiger partial charge on any atom is 0.410 e. The van der Waals surface area contributed by atoms with Crippen LogP contribution in [0, 0.1) is 0 Å². The molecule has 1 aliphatic heterocycles. The minimum atomic E-state index is -0.577. The number of anilines is 1. The number of rotatable bonds is 6. The van der Waals surface area contributed by atoms with E-state index in [2.05, 4.69) is 10.4 Å². The van der Waals surface area contributed by atoms with Crippen LogP contribution in [-0.4, -0.2) is 65.6 Å². The Hall–Kier alpha value is -4.34. The van der Waals surface area contributed by atoms with Gasteiger partial charge in [0, 0.05) is 19.0 Å². The van der Waals surface area contributed by atoms with Gasteiger partial charge in [0.05, 0.1) is 48.6 Å². The number of hydrogen-bond acceptors (Lipinski definition) is 7. The molecular weight excluding hydrogens is 500 g/mol. The molecule has 10 nitrogen and oxygen atoms in total. The standard InChI is InChI=1S/C29H34N4O6/c1-29(2,3)39-28(36)32-16-14-19(15-17-32)25-23(18-30-33(25)20-10-12-21(37-4)13-11-20)26(34)31-24-9-7-6-8-22(24)27(35)38-5/h6-13,18-19H,14-17H2,1-5H3,(H,31,34). The van der Waals surface area contributed by atoms with E-state index in [0.29, 0.717) is 42.9 Å². The van der Waals surface area contributed by atoms with E-state index in [1.165, 1.54) is 13.3 Å². The van der Waals surface area contributed by atoms with Gasteiger partial charge in [-0.25, -0.2) is 14.3 Å². The molecule has 0 bridgehead atoms. The molecule has 2 aromatic carbocycles. The van der Waals surface area contributed by atoms with Crippen molar-refractivity contribution in [2.75, 3.05) is 32.6 Å². The van der Waals surface area contributed by atoms with Crippen LogP contribution in [0.1, 0.15) is 65.9 Å². The molecule has 10 heteroatoms. The summed E-state index contributed by atoms with van der Waals surface area (Å²) in [5.41, 5.74) is 1.92. The van der Waals surface area contributed by atoms with Gasteiger partial charge >= 0.3 is 12.1 Å². The lowest BCUT2D eigenvalue weighted by Crippen LogP contribution is -2.41. The third-order valence-electron chi connectivity index (χ3n) is 6.48. The van der Waals surface area contributed by atoms with Crippen LogP contribution < -0.4 is 10.1 Å². The van der Waals surface area contributed by atoms with Gasteiger partial charge in [-0.2, -0.15) is 5.10 Å². The molecule has 1 aromatic heterocycles. The Bertz CT molecular complexity index is 1330. The van der Waals surface area contributed by atoms with Gasteiger partial charge in [0.2, 0.25) is 0 Å². The van der Waals surface area contributed by atoms with Crippen molar-refractivity contribution in [3.63, 3.8) is 0 Å². The van der Waals surface area contributed by atoms with E-state index >= 15 is 0 Å². The Kier molecular flexibility index (Phi) is 8.23. The van der Waals surface area contributed by atoms with E-state index in [1.54, 1.807) is 41.0 Å². The average molecular weight is 535 g/mol. The number of nitrogens with zero attached hydrogens (tertiary/aromatic N) is 3. The average Bonchev–Trinajstić information content (AvgIpc) is 3.37. The van der Waals surface area contributed by atoms with Crippen molar-refractivity contribution >= 4 is 23.7 Å². The number of benzene rings is 2.